The standard InChI is InChI=1S/C10H18N4O/c1-8(7-10(15)13(2)3)11-9-5-6-14(4)12-9/h5-6,8H,7H2,1-4H3,(H,11,12). The third-order valence-corrected chi connectivity index (χ3v) is 2.09. The normalized spacial score (nSPS) is 12.3. The maximum absolute atomic E-state index is 11.4. The molecule has 1 aromatic rings. The summed E-state index contributed by atoms with van der Waals surface area (Å²) < 4.78 is 1.73. The molecule has 5 nitrogen and oxygen atoms in total. The molecule has 0 fully saturated rings. The molecule has 1 N–H and O–H groups in total. The van der Waals surface area contributed by atoms with E-state index in [2.05, 4.69) is 10.4 Å². The quantitative estimate of drug-likeness (QED) is 0.795. The zero-order chi connectivity index (χ0) is 11.4. The number of anilines is 1. The van der Waals surface area contributed by atoms with Crippen LogP contribution in [0, 0.1) is 0 Å². The van der Waals surface area contributed by atoms with Crippen molar-refractivity contribution in [2.24, 2.45) is 7.05 Å². The Balaban J connectivity index is 2.42. The first-order valence-corrected chi connectivity index (χ1v) is 4.95. The SMILES string of the molecule is CC(CC(=O)N(C)C)Nc1ccn(C)n1. The summed E-state index contributed by atoms with van der Waals surface area (Å²) in [4.78, 5) is 13.0. The summed E-state index contributed by atoms with van der Waals surface area (Å²) in [6.45, 7) is 1.97. The van der Waals surface area contributed by atoms with Gasteiger partial charge in [-0.15, -0.1) is 0 Å². The fraction of sp³-hybridized carbons (Fsp3) is 0.600. The Morgan fingerprint density at radius 2 is 2.33 bits per heavy atom. The predicted octanol–water partition coefficient (Wildman–Crippen LogP) is 0.699. The third kappa shape index (κ3) is 3.61. The number of nitrogens with zero attached hydrogens (tertiary/aromatic N) is 3. The molecule has 0 spiro atoms. The van der Waals surface area contributed by atoms with Gasteiger partial charge in [0, 0.05) is 45.9 Å². The molecule has 0 saturated carbocycles. The van der Waals surface area contributed by atoms with Crippen LogP contribution in [0.2, 0.25) is 0 Å². The summed E-state index contributed by atoms with van der Waals surface area (Å²) in [7, 11) is 5.38. The largest absolute Gasteiger partial charge is 0.366 e. The molecule has 1 aromatic heterocycles. The average Bonchev–Trinajstić information content (AvgIpc) is 2.50. The fourth-order valence-corrected chi connectivity index (χ4v) is 1.24. The lowest BCUT2D eigenvalue weighted by molar-refractivity contribution is -0.128. The van der Waals surface area contributed by atoms with Crippen LogP contribution < -0.4 is 5.32 Å². The van der Waals surface area contributed by atoms with Crippen LogP contribution in [0.3, 0.4) is 0 Å². The van der Waals surface area contributed by atoms with Crippen LogP contribution in [-0.2, 0) is 11.8 Å². The molecule has 0 saturated heterocycles. The van der Waals surface area contributed by atoms with E-state index in [0.717, 1.165) is 5.82 Å². The van der Waals surface area contributed by atoms with Crippen molar-refractivity contribution in [3.05, 3.63) is 12.3 Å². The van der Waals surface area contributed by atoms with Gasteiger partial charge in [0.05, 0.1) is 0 Å². The number of hydrogen-bond donors (Lipinski definition) is 1. The first kappa shape index (κ1) is 11.6. The smallest absolute Gasteiger partial charge is 0.224 e. The van der Waals surface area contributed by atoms with Gasteiger partial charge in [-0.2, -0.15) is 5.10 Å². The van der Waals surface area contributed by atoms with E-state index in [0.29, 0.717) is 6.42 Å². The highest BCUT2D eigenvalue weighted by Crippen LogP contribution is 2.06. The van der Waals surface area contributed by atoms with Crippen LogP contribution in [0.1, 0.15) is 13.3 Å². The molecule has 1 amide bonds. The van der Waals surface area contributed by atoms with Crippen molar-refractivity contribution in [2.75, 3.05) is 19.4 Å². The minimum atomic E-state index is 0.0924. The lowest BCUT2D eigenvalue weighted by Gasteiger charge is -2.15. The molecule has 0 aliphatic rings. The van der Waals surface area contributed by atoms with Gasteiger partial charge in [-0.25, -0.2) is 0 Å². The van der Waals surface area contributed by atoms with Crippen molar-refractivity contribution in [3.63, 3.8) is 0 Å². The summed E-state index contributed by atoms with van der Waals surface area (Å²) >= 11 is 0. The fourth-order valence-electron chi connectivity index (χ4n) is 1.24. The van der Waals surface area contributed by atoms with Crippen LogP contribution >= 0.6 is 0 Å². The zero-order valence-corrected chi connectivity index (χ0v) is 9.69. The highest BCUT2D eigenvalue weighted by Gasteiger charge is 2.11. The molecule has 0 aromatic carbocycles. The number of carbonyl (C=O) groups is 1. The Morgan fingerprint density at radius 3 is 2.80 bits per heavy atom. The lowest BCUT2D eigenvalue weighted by Crippen LogP contribution is -2.28. The van der Waals surface area contributed by atoms with Gasteiger partial charge in [0.2, 0.25) is 5.91 Å². The van der Waals surface area contributed by atoms with Gasteiger partial charge in [0.25, 0.3) is 0 Å². The molecule has 0 aliphatic carbocycles. The van der Waals surface area contributed by atoms with E-state index in [1.807, 2.05) is 26.2 Å². The number of aromatic nitrogens is 2. The van der Waals surface area contributed by atoms with Gasteiger partial charge < -0.3 is 10.2 Å². The lowest BCUT2D eigenvalue weighted by atomic mass is 10.2. The molecule has 1 rings (SSSR count). The summed E-state index contributed by atoms with van der Waals surface area (Å²) in [5.41, 5.74) is 0. The Bertz CT molecular complexity index is 332. The van der Waals surface area contributed by atoms with Crippen molar-refractivity contribution >= 4 is 11.7 Å². The Kier molecular flexibility index (Phi) is 3.71. The van der Waals surface area contributed by atoms with Gasteiger partial charge in [0.1, 0.15) is 5.82 Å². The van der Waals surface area contributed by atoms with E-state index < -0.39 is 0 Å². The summed E-state index contributed by atoms with van der Waals surface area (Å²) in [6.07, 6.45) is 2.34. The molecule has 1 heterocycles. The molecular formula is C10H18N4O. The van der Waals surface area contributed by atoms with Gasteiger partial charge in [-0.3, -0.25) is 9.48 Å². The maximum atomic E-state index is 11.4. The highest BCUT2D eigenvalue weighted by molar-refractivity contribution is 5.76. The van der Waals surface area contributed by atoms with Crippen LogP contribution in [0.25, 0.3) is 0 Å². The molecule has 1 atom stereocenters. The first-order valence-electron chi connectivity index (χ1n) is 4.95. The van der Waals surface area contributed by atoms with E-state index in [4.69, 9.17) is 0 Å². The molecule has 0 radical (unpaired) electrons. The van der Waals surface area contributed by atoms with Crippen LogP contribution in [0.4, 0.5) is 5.82 Å². The molecule has 5 heteroatoms. The minimum Gasteiger partial charge on any atom is -0.366 e. The van der Waals surface area contributed by atoms with Crippen molar-refractivity contribution in [1.82, 2.24) is 14.7 Å². The van der Waals surface area contributed by atoms with E-state index >= 15 is 0 Å². The Hall–Kier alpha value is -1.52. The second kappa shape index (κ2) is 4.82. The van der Waals surface area contributed by atoms with Crippen molar-refractivity contribution in [2.45, 2.75) is 19.4 Å². The van der Waals surface area contributed by atoms with Gasteiger partial charge in [-0.05, 0) is 6.92 Å². The molecule has 84 valence electrons. The van der Waals surface area contributed by atoms with E-state index in [-0.39, 0.29) is 11.9 Å². The van der Waals surface area contributed by atoms with E-state index in [9.17, 15) is 4.79 Å². The molecular weight excluding hydrogens is 192 g/mol. The number of carbonyl (C=O) groups excluding carboxylic acids is 1. The van der Waals surface area contributed by atoms with Gasteiger partial charge >= 0.3 is 0 Å². The van der Waals surface area contributed by atoms with Crippen LogP contribution in [0.5, 0.6) is 0 Å². The highest BCUT2D eigenvalue weighted by atomic mass is 16.2. The van der Waals surface area contributed by atoms with Crippen LogP contribution in [-0.4, -0.2) is 40.7 Å². The summed E-state index contributed by atoms with van der Waals surface area (Å²) in [5.74, 6) is 0.919. The predicted molar refractivity (Wildman–Crippen MR) is 59.6 cm³/mol. The third-order valence-electron chi connectivity index (χ3n) is 2.09. The molecule has 0 aliphatic heterocycles. The second-order valence-electron chi connectivity index (χ2n) is 3.91. The number of nitrogens with one attached hydrogen (secondary N) is 1. The first-order chi connectivity index (χ1) is 6.99. The summed E-state index contributed by atoms with van der Waals surface area (Å²) in [5, 5.41) is 7.35. The van der Waals surface area contributed by atoms with Crippen molar-refractivity contribution in [3.8, 4) is 0 Å². The monoisotopic (exact) mass is 210 g/mol. The number of rotatable bonds is 4. The van der Waals surface area contributed by atoms with Gasteiger partial charge in [-0.1, -0.05) is 0 Å². The Morgan fingerprint density at radius 1 is 1.67 bits per heavy atom. The average molecular weight is 210 g/mol. The van der Waals surface area contributed by atoms with Crippen LogP contribution in [0.15, 0.2) is 12.3 Å². The molecule has 15 heavy (non-hydrogen) atoms. The molecule has 0 bridgehead atoms. The second-order valence-corrected chi connectivity index (χ2v) is 3.91. The van der Waals surface area contributed by atoms with Crippen molar-refractivity contribution in [1.29, 1.82) is 0 Å². The van der Waals surface area contributed by atoms with Crippen molar-refractivity contribution < 1.29 is 4.79 Å². The number of aryl methyl sites for hydroxylation is 1. The zero-order valence-electron chi connectivity index (χ0n) is 9.69. The maximum Gasteiger partial charge on any atom is 0.224 e. The molecule has 1 unspecified atom stereocenters. The Labute approximate surface area is 90.1 Å². The number of amides is 1. The van der Waals surface area contributed by atoms with Gasteiger partial charge in [0.15, 0.2) is 0 Å². The van der Waals surface area contributed by atoms with E-state index in [1.54, 1.807) is 23.7 Å². The topological polar surface area (TPSA) is 50.2 Å². The minimum absolute atomic E-state index is 0.0924. The number of hydrogen-bond acceptors (Lipinski definition) is 3. The van der Waals surface area contributed by atoms with E-state index in [1.165, 1.54) is 0 Å². The summed E-state index contributed by atoms with van der Waals surface area (Å²) in [6, 6.07) is 1.98.